The highest BCUT2D eigenvalue weighted by Gasteiger charge is 2.32. The van der Waals surface area contributed by atoms with E-state index in [4.69, 9.17) is 14.2 Å². The van der Waals surface area contributed by atoms with Crippen LogP contribution in [0.3, 0.4) is 0 Å². The van der Waals surface area contributed by atoms with Gasteiger partial charge in [-0.25, -0.2) is 0 Å². The van der Waals surface area contributed by atoms with Gasteiger partial charge in [-0.2, -0.15) is 13.2 Å². The number of ether oxygens (including phenoxy) is 3. The Labute approximate surface area is 166 Å². The molecule has 0 spiro atoms. The Hall–Kier alpha value is -2.74. The van der Waals surface area contributed by atoms with Crippen LogP contribution in [0, 0.1) is 0 Å². The van der Waals surface area contributed by atoms with E-state index in [2.05, 4.69) is 0 Å². The third-order valence-electron chi connectivity index (χ3n) is 4.99. The first-order valence-corrected chi connectivity index (χ1v) is 9.37. The first kappa shape index (κ1) is 19.6. The molecule has 0 bridgehead atoms. The fourth-order valence-corrected chi connectivity index (χ4v) is 3.49. The summed E-state index contributed by atoms with van der Waals surface area (Å²) in [4.78, 5) is 13.8. The van der Waals surface area contributed by atoms with Crippen molar-refractivity contribution >= 4 is 5.91 Å². The van der Waals surface area contributed by atoms with Crippen LogP contribution in [0.25, 0.3) is 11.1 Å². The summed E-state index contributed by atoms with van der Waals surface area (Å²) in [5.74, 6) is 0.311. The molecule has 8 heteroatoms. The average Bonchev–Trinajstić information content (AvgIpc) is 3.20. The molecular weight excluding hydrogens is 387 g/mol. The van der Waals surface area contributed by atoms with Crippen molar-refractivity contribution in [2.75, 3.05) is 39.5 Å². The monoisotopic (exact) mass is 407 g/mol. The second-order valence-corrected chi connectivity index (χ2v) is 6.92. The number of fused-ring (bicyclic) bond motifs is 1. The predicted molar refractivity (Wildman–Crippen MR) is 99.0 cm³/mol. The van der Waals surface area contributed by atoms with E-state index in [9.17, 15) is 18.0 Å². The molecule has 2 heterocycles. The summed E-state index contributed by atoms with van der Waals surface area (Å²) in [7, 11) is 0. The van der Waals surface area contributed by atoms with Crippen molar-refractivity contribution in [3.63, 3.8) is 0 Å². The Morgan fingerprint density at radius 3 is 2.66 bits per heavy atom. The second kappa shape index (κ2) is 7.94. The highest BCUT2D eigenvalue weighted by molar-refractivity contribution is 5.78. The summed E-state index contributed by atoms with van der Waals surface area (Å²) in [5, 5.41) is 0. The molecule has 1 fully saturated rings. The van der Waals surface area contributed by atoms with Gasteiger partial charge >= 0.3 is 6.18 Å². The summed E-state index contributed by atoms with van der Waals surface area (Å²) in [6, 6.07) is 8.93. The highest BCUT2D eigenvalue weighted by atomic mass is 19.4. The zero-order chi connectivity index (χ0) is 20.4. The van der Waals surface area contributed by atoms with Gasteiger partial charge in [-0.3, -0.25) is 4.79 Å². The van der Waals surface area contributed by atoms with Gasteiger partial charge in [0.15, 0.2) is 6.61 Å². The maximum Gasteiger partial charge on any atom is 0.416 e. The summed E-state index contributed by atoms with van der Waals surface area (Å²) < 4.78 is 56.6. The lowest BCUT2D eigenvalue weighted by Crippen LogP contribution is -2.42. The molecule has 0 aromatic heterocycles. The zero-order valence-corrected chi connectivity index (χ0v) is 15.6. The van der Waals surface area contributed by atoms with E-state index in [0.29, 0.717) is 49.8 Å². The number of rotatable bonds is 4. The van der Waals surface area contributed by atoms with Crippen LogP contribution in [0.4, 0.5) is 13.2 Å². The van der Waals surface area contributed by atoms with Gasteiger partial charge in [-0.05, 0) is 29.3 Å². The Balaban J connectivity index is 1.61. The number of nitrogens with zero attached hydrogens (tertiary/aromatic N) is 1. The van der Waals surface area contributed by atoms with Crippen LogP contribution in [0.5, 0.6) is 11.5 Å². The summed E-state index contributed by atoms with van der Waals surface area (Å²) >= 11 is 0. The fourth-order valence-electron chi connectivity index (χ4n) is 3.49. The molecule has 5 nitrogen and oxygen atoms in total. The van der Waals surface area contributed by atoms with E-state index >= 15 is 0 Å². The molecule has 0 radical (unpaired) electrons. The number of carbonyl (C=O) groups is 1. The van der Waals surface area contributed by atoms with Crippen LogP contribution in [-0.4, -0.2) is 50.3 Å². The molecule has 0 unspecified atom stereocenters. The lowest BCUT2D eigenvalue weighted by Gasteiger charge is -2.26. The van der Waals surface area contributed by atoms with Gasteiger partial charge in [-0.1, -0.05) is 18.2 Å². The van der Waals surface area contributed by atoms with Gasteiger partial charge in [0.2, 0.25) is 0 Å². The molecule has 29 heavy (non-hydrogen) atoms. The lowest BCUT2D eigenvalue weighted by molar-refractivity contribution is -0.137. The first-order valence-electron chi connectivity index (χ1n) is 9.37. The van der Waals surface area contributed by atoms with Crippen molar-refractivity contribution in [1.29, 1.82) is 0 Å². The molecule has 2 aliphatic heterocycles. The van der Waals surface area contributed by atoms with Crippen molar-refractivity contribution in [1.82, 2.24) is 4.90 Å². The minimum atomic E-state index is -4.54. The smallest absolute Gasteiger partial charge is 0.416 e. The van der Waals surface area contributed by atoms with Crippen LogP contribution in [0.15, 0.2) is 36.4 Å². The number of morpholine rings is 1. The number of hydrogen-bond acceptors (Lipinski definition) is 4. The molecule has 4 rings (SSSR count). The number of alkyl halides is 3. The first-order chi connectivity index (χ1) is 13.9. The summed E-state index contributed by atoms with van der Waals surface area (Å²) in [6.07, 6.45) is -3.82. The van der Waals surface area contributed by atoms with Gasteiger partial charge in [-0.15, -0.1) is 0 Å². The maximum atomic E-state index is 13.5. The van der Waals surface area contributed by atoms with Crippen LogP contribution in [0.1, 0.15) is 11.1 Å². The SMILES string of the molecule is O=C(COc1cc(-c2cccc3c2OCC3)cc(C(F)(F)F)c1)N1CCOCC1. The predicted octanol–water partition coefficient (Wildman–Crippen LogP) is 3.54. The third-order valence-corrected chi connectivity index (χ3v) is 4.99. The Kier molecular flexibility index (Phi) is 5.36. The van der Waals surface area contributed by atoms with E-state index in [1.54, 1.807) is 17.0 Å². The number of hydrogen-bond donors (Lipinski definition) is 0. The average molecular weight is 407 g/mol. The van der Waals surface area contributed by atoms with Crippen LogP contribution in [-0.2, 0) is 22.1 Å². The van der Waals surface area contributed by atoms with E-state index in [1.165, 1.54) is 6.07 Å². The van der Waals surface area contributed by atoms with Crippen molar-refractivity contribution in [3.05, 3.63) is 47.5 Å². The van der Waals surface area contributed by atoms with Gasteiger partial charge in [0.05, 0.1) is 25.4 Å². The van der Waals surface area contributed by atoms with Crippen LogP contribution < -0.4 is 9.47 Å². The van der Waals surface area contributed by atoms with Gasteiger partial charge < -0.3 is 19.1 Å². The molecular formula is C21H20F3NO4. The summed E-state index contributed by atoms with van der Waals surface area (Å²) in [5.41, 5.74) is 1.05. The largest absolute Gasteiger partial charge is 0.492 e. The van der Waals surface area contributed by atoms with Crippen molar-refractivity contribution in [2.24, 2.45) is 0 Å². The number of benzene rings is 2. The van der Waals surface area contributed by atoms with E-state index < -0.39 is 11.7 Å². The highest BCUT2D eigenvalue weighted by Crippen LogP contribution is 2.41. The van der Waals surface area contributed by atoms with Crippen LogP contribution >= 0.6 is 0 Å². The molecule has 2 aliphatic rings. The molecule has 154 valence electrons. The number of amides is 1. The van der Waals surface area contributed by atoms with Crippen LogP contribution in [0.2, 0.25) is 0 Å². The van der Waals surface area contributed by atoms with Crippen molar-refractivity contribution in [2.45, 2.75) is 12.6 Å². The Morgan fingerprint density at radius 2 is 1.90 bits per heavy atom. The molecule has 1 saturated heterocycles. The third kappa shape index (κ3) is 4.32. The molecule has 0 N–H and O–H groups in total. The maximum absolute atomic E-state index is 13.5. The van der Waals surface area contributed by atoms with E-state index in [-0.39, 0.29) is 18.3 Å². The number of para-hydroxylation sites is 1. The van der Waals surface area contributed by atoms with E-state index in [0.717, 1.165) is 24.1 Å². The molecule has 1 amide bonds. The Morgan fingerprint density at radius 1 is 1.10 bits per heavy atom. The Bertz CT molecular complexity index is 907. The van der Waals surface area contributed by atoms with Crippen molar-refractivity contribution in [3.8, 4) is 22.6 Å². The minimum Gasteiger partial charge on any atom is -0.492 e. The number of halogens is 3. The second-order valence-electron chi connectivity index (χ2n) is 6.92. The minimum absolute atomic E-state index is 0.00738. The molecule has 2 aromatic rings. The van der Waals surface area contributed by atoms with E-state index in [1.807, 2.05) is 6.07 Å². The van der Waals surface area contributed by atoms with Gasteiger partial charge in [0.1, 0.15) is 11.5 Å². The molecule has 0 saturated carbocycles. The fraction of sp³-hybridized carbons (Fsp3) is 0.381. The van der Waals surface area contributed by atoms with Gasteiger partial charge in [0, 0.05) is 25.1 Å². The zero-order valence-electron chi connectivity index (χ0n) is 15.6. The normalized spacial score (nSPS) is 16.3. The van der Waals surface area contributed by atoms with Crippen molar-refractivity contribution < 1.29 is 32.2 Å². The topological polar surface area (TPSA) is 48.0 Å². The summed E-state index contributed by atoms with van der Waals surface area (Å²) in [6.45, 7) is 1.96. The number of carbonyl (C=O) groups excluding carboxylic acids is 1. The lowest BCUT2D eigenvalue weighted by atomic mass is 9.99. The quantitative estimate of drug-likeness (QED) is 0.778. The molecule has 0 atom stereocenters. The van der Waals surface area contributed by atoms with Gasteiger partial charge in [0.25, 0.3) is 5.91 Å². The molecule has 2 aromatic carbocycles. The standard InChI is InChI=1S/C21H20F3NO4/c22-21(23,24)16-10-15(18-3-1-2-14-4-7-28-20(14)18)11-17(12-16)29-13-19(26)25-5-8-27-9-6-25/h1-3,10-12H,4-9,13H2. The molecule has 0 aliphatic carbocycles.